The molecule has 0 radical (unpaired) electrons. The van der Waals surface area contributed by atoms with E-state index in [9.17, 15) is 0 Å². The fraction of sp³-hybridized carbons (Fsp3) is 0.143. The molecular formula is C14H10BrCl3O. The summed E-state index contributed by atoms with van der Waals surface area (Å²) in [6.07, 6.45) is 0. The van der Waals surface area contributed by atoms with Gasteiger partial charge in [0, 0.05) is 9.50 Å². The van der Waals surface area contributed by atoms with Crippen molar-refractivity contribution in [2.75, 3.05) is 7.11 Å². The average Bonchev–Trinajstić information content (AvgIpc) is 2.41. The molecule has 0 aliphatic carbocycles. The molecule has 1 atom stereocenters. The molecule has 0 saturated carbocycles. The predicted octanol–water partition coefficient (Wildman–Crippen LogP) is 6.09. The maximum atomic E-state index is 6.47. The van der Waals surface area contributed by atoms with Gasteiger partial charge in [-0.05, 0) is 51.3 Å². The molecule has 100 valence electrons. The molecule has 5 heteroatoms. The van der Waals surface area contributed by atoms with Gasteiger partial charge in [-0.25, -0.2) is 0 Å². The van der Waals surface area contributed by atoms with E-state index in [4.69, 9.17) is 39.5 Å². The number of hydrogen-bond acceptors (Lipinski definition) is 1. The van der Waals surface area contributed by atoms with Crippen LogP contribution in [0.15, 0.2) is 40.9 Å². The zero-order valence-corrected chi connectivity index (χ0v) is 13.8. The first-order chi connectivity index (χ1) is 9.02. The van der Waals surface area contributed by atoms with Crippen LogP contribution in [0.2, 0.25) is 10.0 Å². The van der Waals surface area contributed by atoms with Crippen molar-refractivity contribution in [1.82, 2.24) is 0 Å². The predicted molar refractivity (Wildman–Crippen MR) is 84.9 cm³/mol. The van der Waals surface area contributed by atoms with Crippen molar-refractivity contribution in [2.24, 2.45) is 0 Å². The van der Waals surface area contributed by atoms with Crippen LogP contribution in [0.3, 0.4) is 0 Å². The van der Waals surface area contributed by atoms with Crippen LogP contribution in [-0.4, -0.2) is 7.11 Å². The number of alkyl halides is 1. The Bertz CT molecular complexity index is 601. The van der Waals surface area contributed by atoms with Crippen molar-refractivity contribution in [3.8, 4) is 5.75 Å². The van der Waals surface area contributed by atoms with Gasteiger partial charge in [0.1, 0.15) is 5.75 Å². The lowest BCUT2D eigenvalue weighted by molar-refractivity contribution is 0.414. The average molecular weight is 380 g/mol. The molecule has 0 aliphatic rings. The minimum atomic E-state index is -0.341. The summed E-state index contributed by atoms with van der Waals surface area (Å²) in [5.74, 6) is 0.704. The van der Waals surface area contributed by atoms with Crippen LogP contribution in [0, 0.1) is 0 Å². The first-order valence-corrected chi connectivity index (χ1v) is 7.44. The first kappa shape index (κ1) is 15.0. The van der Waals surface area contributed by atoms with Gasteiger partial charge in [-0.1, -0.05) is 35.3 Å². The summed E-state index contributed by atoms with van der Waals surface area (Å²) in [4.78, 5) is 0. The standard InChI is InChI=1S/C14H10BrCl3O/c1-19-9-3-4-10(13(17)7-9)14(18)8-2-5-12(16)11(15)6-8/h2-7,14H,1H3. The summed E-state index contributed by atoms with van der Waals surface area (Å²) in [5.41, 5.74) is 1.75. The van der Waals surface area contributed by atoms with Crippen molar-refractivity contribution in [3.05, 3.63) is 62.0 Å². The van der Waals surface area contributed by atoms with Gasteiger partial charge in [-0.2, -0.15) is 0 Å². The molecule has 0 bridgehead atoms. The summed E-state index contributed by atoms with van der Waals surface area (Å²) in [6.45, 7) is 0. The first-order valence-electron chi connectivity index (χ1n) is 5.45. The van der Waals surface area contributed by atoms with Crippen LogP contribution in [0.1, 0.15) is 16.5 Å². The van der Waals surface area contributed by atoms with Crippen LogP contribution in [0.5, 0.6) is 5.75 Å². The molecule has 1 nitrogen and oxygen atoms in total. The van der Waals surface area contributed by atoms with Gasteiger partial charge in [-0.15, -0.1) is 11.6 Å². The lowest BCUT2D eigenvalue weighted by atomic mass is 10.0. The Hall–Kier alpha value is -0.410. The number of benzene rings is 2. The Morgan fingerprint density at radius 2 is 1.79 bits per heavy atom. The molecule has 0 aromatic heterocycles. The number of halogens is 4. The fourth-order valence-electron chi connectivity index (χ4n) is 1.69. The van der Waals surface area contributed by atoms with E-state index < -0.39 is 0 Å². The summed E-state index contributed by atoms with van der Waals surface area (Å²) < 4.78 is 5.93. The zero-order valence-electron chi connectivity index (χ0n) is 9.96. The van der Waals surface area contributed by atoms with Crippen LogP contribution in [-0.2, 0) is 0 Å². The maximum Gasteiger partial charge on any atom is 0.120 e. The highest BCUT2D eigenvalue weighted by atomic mass is 79.9. The van der Waals surface area contributed by atoms with Gasteiger partial charge < -0.3 is 4.74 Å². The van der Waals surface area contributed by atoms with Crippen molar-refractivity contribution >= 4 is 50.7 Å². The van der Waals surface area contributed by atoms with E-state index in [1.807, 2.05) is 24.3 Å². The number of ether oxygens (including phenoxy) is 1. The van der Waals surface area contributed by atoms with Crippen molar-refractivity contribution in [2.45, 2.75) is 5.38 Å². The molecule has 2 aromatic carbocycles. The minimum absolute atomic E-state index is 0.341. The van der Waals surface area contributed by atoms with Crippen LogP contribution >= 0.6 is 50.7 Å². The lowest BCUT2D eigenvalue weighted by Gasteiger charge is -2.14. The molecule has 2 aromatic rings. The van der Waals surface area contributed by atoms with Crippen molar-refractivity contribution in [1.29, 1.82) is 0 Å². The van der Waals surface area contributed by atoms with Crippen LogP contribution < -0.4 is 4.74 Å². The highest BCUT2D eigenvalue weighted by molar-refractivity contribution is 9.10. The third-order valence-corrected chi connectivity index (χ3v) is 4.75. The summed E-state index contributed by atoms with van der Waals surface area (Å²) in [5, 5.41) is 0.880. The normalized spacial score (nSPS) is 12.3. The number of hydrogen-bond donors (Lipinski definition) is 0. The van der Waals surface area contributed by atoms with Crippen molar-refractivity contribution in [3.63, 3.8) is 0 Å². The SMILES string of the molecule is COc1ccc(C(Cl)c2ccc(Cl)c(Br)c2)c(Cl)c1. The molecule has 19 heavy (non-hydrogen) atoms. The minimum Gasteiger partial charge on any atom is -0.497 e. The van der Waals surface area contributed by atoms with Gasteiger partial charge in [0.25, 0.3) is 0 Å². The highest BCUT2D eigenvalue weighted by Crippen LogP contribution is 2.37. The molecule has 0 amide bonds. The molecule has 0 saturated heterocycles. The van der Waals surface area contributed by atoms with E-state index >= 15 is 0 Å². The van der Waals surface area contributed by atoms with E-state index in [2.05, 4.69) is 15.9 Å². The summed E-state index contributed by atoms with van der Waals surface area (Å²) in [7, 11) is 1.60. The Kier molecular flexibility index (Phi) is 5.02. The number of methoxy groups -OCH3 is 1. The maximum absolute atomic E-state index is 6.47. The Balaban J connectivity index is 2.38. The Morgan fingerprint density at radius 1 is 1.05 bits per heavy atom. The summed E-state index contributed by atoms with van der Waals surface area (Å²) in [6, 6.07) is 11.0. The second-order valence-electron chi connectivity index (χ2n) is 3.92. The van der Waals surface area contributed by atoms with Crippen LogP contribution in [0.4, 0.5) is 0 Å². The third-order valence-electron chi connectivity index (χ3n) is 2.72. The third kappa shape index (κ3) is 3.38. The quantitative estimate of drug-likeness (QED) is 0.585. The molecule has 1 unspecified atom stereocenters. The van der Waals surface area contributed by atoms with Gasteiger partial charge in [0.15, 0.2) is 0 Å². The molecule has 2 rings (SSSR count). The van der Waals surface area contributed by atoms with E-state index in [1.165, 1.54) is 0 Å². The van der Waals surface area contributed by atoms with E-state index in [1.54, 1.807) is 19.2 Å². The largest absolute Gasteiger partial charge is 0.497 e. The van der Waals surface area contributed by atoms with Crippen molar-refractivity contribution < 1.29 is 4.74 Å². The second-order valence-corrected chi connectivity index (χ2v) is 6.03. The van der Waals surface area contributed by atoms with Gasteiger partial charge in [0.2, 0.25) is 0 Å². The second kappa shape index (κ2) is 6.36. The monoisotopic (exact) mass is 378 g/mol. The molecule has 0 fully saturated rings. The molecule has 0 aliphatic heterocycles. The van der Waals surface area contributed by atoms with Gasteiger partial charge in [0.05, 0.1) is 17.5 Å². The molecule has 0 heterocycles. The Morgan fingerprint density at radius 3 is 2.37 bits per heavy atom. The smallest absolute Gasteiger partial charge is 0.120 e. The molecule has 0 spiro atoms. The zero-order chi connectivity index (χ0) is 14.0. The number of rotatable bonds is 3. The lowest BCUT2D eigenvalue weighted by Crippen LogP contribution is -1.95. The Labute approximate surface area is 135 Å². The molecular weight excluding hydrogens is 370 g/mol. The van der Waals surface area contributed by atoms with Crippen LogP contribution in [0.25, 0.3) is 0 Å². The van der Waals surface area contributed by atoms with E-state index in [0.717, 1.165) is 15.6 Å². The fourth-order valence-corrected chi connectivity index (χ4v) is 2.87. The van der Waals surface area contributed by atoms with Gasteiger partial charge in [-0.3, -0.25) is 0 Å². The molecule has 0 N–H and O–H groups in total. The topological polar surface area (TPSA) is 9.23 Å². The van der Waals surface area contributed by atoms with E-state index in [0.29, 0.717) is 15.8 Å². The van der Waals surface area contributed by atoms with Gasteiger partial charge >= 0.3 is 0 Å². The summed E-state index contributed by atoms with van der Waals surface area (Å²) >= 11 is 22.0. The van der Waals surface area contributed by atoms with E-state index in [-0.39, 0.29) is 5.38 Å². The highest BCUT2D eigenvalue weighted by Gasteiger charge is 2.15.